The SMILES string of the molecule is COCCn1c(C)cc(C(=O)CSc2nnnn2-c2c(C)cccc2C)c1C. The highest BCUT2D eigenvalue weighted by molar-refractivity contribution is 7.99. The fourth-order valence-corrected chi connectivity index (χ4v) is 4.13. The highest BCUT2D eigenvalue weighted by Gasteiger charge is 2.19. The van der Waals surface area contributed by atoms with Gasteiger partial charge in [0, 0.05) is 30.6 Å². The zero-order valence-electron chi connectivity index (χ0n) is 16.9. The number of aryl methyl sites for hydroxylation is 3. The van der Waals surface area contributed by atoms with Crippen molar-refractivity contribution in [1.29, 1.82) is 0 Å². The van der Waals surface area contributed by atoms with Crippen LogP contribution in [0.15, 0.2) is 29.4 Å². The smallest absolute Gasteiger partial charge is 0.214 e. The van der Waals surface area contributed by atoms with E-state index in [-0.39, 0.29) is 11.5 Å². The molecule has 0 bridgehead atoms. The minimum Gasteiger partial charge on any atom is -0.383 e. The van der Waals surface area contributed by atoms with Crippen LogP contribution in [-0.2, 0) is 11.3 Å². The van der Waals surface area contributed by atoms with Gasteiger partial charge in [0.15, 0.2) is 5.78 Å². The van der Waals surface area contributed by atoms with Crippen LogP contribution < -0.4 is 0 Å². The number of carbonyl (C=O) groups is 1. The van der Waals surface area contributed by atoms with E-state index in [2.05, 4.69) is 20.1 Å². The Morgan fingerprint density at radius 2 is 1.89 bits per heavy atom. The van der Waals surface area contributed by atoms with Gasteiger partial charge in [0.1, 0.15) is 0 Å². The third-order valence-electron chi connectivity index (χ3n) is 4.82. The van der Waals surface area contributed by atoms with Gasteiger partial charge in [-0.05, 0) is 55.3 Å². The largest absolute Gasteiger partial charge is 0.383 e. The number of methoxy groups -OCH3 is 1. The second-order valence-electron chi connectivity index (χ2n) is 6.75. The van der Waals surface area contributed by atoms with Gasteiger partial charge >= 0.3 is 0 Å². The monoisotopic (exact) mass is 399 g/mol. The van der Waals surface area contributed by atoms with Gasteiger partial charge in [-0.15, -0.1) is 5.10 Å². The Balaban J connectivity index is 1.78. The van der Waals surface area contributed by atoms with E-state index in [9.17, 15) is 4.79 Å². The van der Waals surface area contributed by atoms with Gasteiger partial charge in [0.05, 0.1) is 18.0 Å². The van der Waals surface area contributed by atoms with Gasteiger partial charge in [0.2, 0.25) is 5.16 Å². The number of para-hydroxylation sites is 1. The highest BCUT2D eigenvalue weighted by Crippen LogP contribution is 2.25. The van der Waals surface area contributed by atoms with Crippen LogP contribution in [0.5, 0.6) is 0 Å². The van der Waals surface area contributed by atoms with E-state index < -0.39 is 0 Å². The van der Waals surface area contributed by atoms with E-state index >= 15 is 0 Å². The molecule has 28 heavy (non-hydrogen) atoms. The third kappa shape index (κ3) is 4.02. The average Bonchev–Trinajstić information content (AvgIpc) is 3.23. The number of aromatic nitrogens is 5. The van der Waals surface area contributed by atoms with Crippen LogP contribution >= 0.6 is 11.8 Å². The van der Waals surface area contributed by atoms with Gasteiger partial charge in [-0.25, -0.2) is 0 Å². The lowest BCUT2D eigenvalue weighted by Crippen LogP contribution is -2.10. The van der Waals surface area contributed by atoms with Crippen molar-refractivity contribution in [3.05, 3.63) is 52.3 Å². The molecule has 0 N–H and O–H groups in total. The van der Waals surface area contributed by atoms with Crippen molar-refractivity contribution in [3.8, 4) is 5.69 Å². The van der Waals surface area contributed by atoms with E-state index in [0.717, 1.165) is 40.3 Å². The molecule has 2 aromatic heterocycles. The lowest BCUT2D eigenvalue weighted by atomic mass is 10.1. The first-order valence-corrected chi connectivity index (χ1v) is 10.1. The average molecular weight is 400 g/mol. The molecule has 3 aromatic rings. The predicted molar refractivity (Wildman–Crippen MR) is 109 cm³/mol. The van der Waals surface area contributed by atoms with Crippen LogP contribution in [0.4, 0.5) is 0 Å². The topological polar surface area (TPSA) is 74.8 Å². The number of ether oxygens (including phenoxy) is 1. The standard InChI is InChI=1S/C20H25N5O2S/c1-13-7-6-8-14(2)19(13)25-20(21-22-23-25)28-12-18(26)17-11-15(3)24(16(17)4)9-10-27-5/h6-8,11H,9-10,12H2,1-5H3. The molecular weight excluding hydrogens is 374 g/mol. The minimum absolute atomic E-state index is 0.0674. The van der Waals surface area contributed by atoms with E-state index in [0.29, 0.717) is 11.8 Å². The van der Waals surface area contributed by atoms with Gasteiger partial charge in [-0.2, -0.15) is 4.68 Å². The number of Topliss-reactive ketones (excluding diaryl/α,β-unsaturated/α-hetero) is 1. The molecule has 0 saturated carbocycles. The number of benzene rings is 1. The first-order valence-electron chi connectivity index (χ1n) is 9.10. The molecule has 0 aliphatic carbocycles. The fraction of sp³-hybridized carbons (Fsp3) is 0.400. The van der Waals surface area contributed by atoms with Crippen molar-refractivity contribution in [2.24, 2.45) is 0 Å². The molecule has 1 aromatic carbocycles. The number of ketones is 1. The molecule has 0 saturated heterocycles. The van der Waals surface area contributed by atoms with Crippen LogP contribution in [0.2, 0.25) is 0 Å². The maximum absolute atomic E-state index is 12.8. The summed E-state index contributed by atoms with van der Waals surface area (Å²) in [6, 6.07) is 8.01. The minimum atomic E-state index is 0.0674. The summed E-state index contributed by atoms with van der Waals surface area (Å²) in [5.41, 5.74) is 5.90. The number of rotatable bonds is 8. The zero-order valence-corrected chi connectivity index (χ0v) is 17.7. The molecule has 0 amide bonds. The molecular formula is C20H25N5O2S. The van der Waals surface area contributed by atoms with Crippen molar-refractivity contribution in [2.45, 2.75) is 39.4 Å². The zero-order chi connectivity index (χ0) is 20.3. The van der Waals surface area contributed by atoms with Crippen molar-refractivity contribution >= 4 is 17.5 Å². The van der Waals surface area contributed by atoms with Crippen LogP contribution in [0.1, 0.15) is 32.9 Å². The molecule has 3 rings (SSSR count). The summed E-state index contributed by atoms with van der Waals surface area (Å²) in [4.78, 5) is 12.8. The molecule has 148 valence electrons. The highest BCUT2D eigenvalue weighted by atomic mass is 32.2. The fourth-order valence-electron chi connectivity index (χ4n) is 3.37. The Kier molecular flexibility index (Phi) is 6.31. The van der Waals surface area contributed by atoms with Crippen molar-refractivity contribution in [1.82, 2.24) is 24.8 Å². The molecule has 0 aliphatic rings. The molecule has 0 radical (unpaired) electrons. The second-order valence-corrected chi connectivity index (χ2v) is 7.70. The maximum atomic E-state index is 12.8. The van der Waals surface area contributed by atoms with E-state index in [4.69, 9.17) is 4.74 Å². The van der Waals surface area contributed by atoms with Gasteiger partial charge in [0.25, 0.3) is 0 Å². The molecule has 0 aliphatic heterocycles. The maximum Gasteiger partial charge on any atom is 0.214 e. The van der Waals surface area contributed by atoms with Gasteiger partial charge in [-0.1, -0.05) is 30.0 Å². The number of nitrogens with zero attached hydrogens (tertiary/aromatic N) is 5. The normalized spacial score (nSPS) is 11.2. The van der Waals surface area contributed by atoms with Crippen molar-refractivity contribution < 1.29 is 9.53 Å². The molecule has 8 heteroatoms. The summed E-state index contributed by atoms with van der Waals surface area (Å²) in [5.74, 6) is 0.345. The second kappa shape index (κ2) is 8.70. The van der Waals surface area contributed by atoms with Gasteiger partial charge < -0.3 is 9.30 Å². The number of thioether (sulfide) groups is 1. The molecule has 2 heterocycles. The molecule has 0 spiro atoms. The first kappa shape index (κ1) is 20.3. The van der Waals surface area contributed by atoms with E-state index in [1.54, 1.807) is 11.8 Å². The summed E-state index contributed by atoms with van der Waals surface area (Å²) < 4.78 is 8.99. The van der Waals surface area contributed by atoms with Gasteiger partial charge in [-0.3, -0.25) is 4.79 Å². The Hall–Kier alpha value is -2.45. The number of tetrazole rings is 1. The predicted octanol–water partition coefficient (Wildman–Crippen LogP) is 3.32. The quantitative estimate of drug-likeness (QED) is 0.427. The number of hydrogen-bond acceptors (Lipinski definition) is 6. The van der Waals surface area contributed by atoms with Crippen molar-refractivity contribution in [2.75, 3.05) is 19.5 Å². The van der Waals surface area contributed by atoms with Crippen LogP contribution in [0, 0.1) is 27.7 Å². The van der Waals surface area contributed by atoms with E-state index in [1.807, 2.05) is 52.0 Å². The summed E-state index contributed by atoms with van der Waals surface area (Å²) in [6.45, 7) is 9.38. The number of hydrogen-bond donors (Lipinski definition) is 0. The molecule has 0 fully saturated rings. The summed E-state index contributed by atoms with van der Waals surface area (Å²) in [5, 5.41) is 12.7. The van der Waals surface area contributed by atoms with Crippen LogP contribution in [0.3, 0.4) is 0 Å². The molecule has 0 atom stereocenters. The molecule has 7 nitrogen and oxygen atoms in total. The lowest BCUT2D eigenvalue weighted by molar-refractivity contribution is 0.102. The summed E-state index contributed by atoms with van der Waals surface area (Å²) in [6.07, 6.45) is 0. The van der Waals surface area contributed by atoms with Crippen LogP contribution in [-0.4, -0.2) is 50.0 Å². The Labute approximate surface area is 169 Å². The van der Waals surface area contributed by atoms with Crippen LogP contribution in [0.25, 0.3) is 5.69 Å². The Bertz CT molecular complexity index is 972. The Morgan fingerprint density at radius 3 is 2.57 bits per heavy atom. The third-order valence-corrected chi connectivity index (χ3v) is 5.74. The summed E-state index contributed by atoms with van der Waals surface area (Å²) in [7, 11) is 1.68. The van der Waals surface area contributed by atoms with Crippen molar-refractivity contribution in [3.63, 3.8) is 0 Å². The van der Waals surface area contributed by atoms with E-state index in [1.165, 1.54) is 11.8 Å². The Morgan fingerprint density at radius 1 is 1.18 bits per heavy atom. The number of carbonyl (C=O) groups excluding carboxylic acids is 1. The first-order chi connectivity index (χ1) is 13.4. The summed E-state index contributed by atoms with van der Waals surface area (Å²) >= 11 is 1.35. The lowest BCUT2D eigenvalue weighted by Gasteiger charge is -2.10. The molecule has 0 unspecified atom stereocenters.